The molecular weight excluding hydrogens is 514 g/mol. The lowest BCUT2D eigenvalue weighted by atomic mass is 9.93. The van der Waals surface area contributed by atoms with Gasteiger partial charge in [-0.05, 0) is 26.1 Å². The number of carbonyl (C=O) groups excluding carboxylic acids is 1. The third-order valence-electron chi connectivity index (χ3n) is 6.32. The summed E-state index contributed by atoms with van der Waals surface area (Å²) in [5, 5.41) is 15.5. The van der Waals surface area contributed by atoms with Crippen molar-refractivity contribution in [3.63, 3.8) is 0 Å². The number of aryl methyl sites for hydroxylation is 1. The van der Waals surface area contributed by atoms with E-state index in [0.29, 0.717) is 17.3 Å². The van der Waals surface area contributed by atoms with Gasteiger partial charge in [0.25, 0.3) is 0 Å². The second-order valence-electron chi connectivity index (χ2n) is 10.6. The molecule has 1 saturated heterocycles. The number of likely N-dealkylation sites (N-methyl/N-ethyl adjacent to an activating group) is 1. The molecule has 4 heterocycles. The van der Waals surface area contributed by atoms with Crippen molar-refractivity contribution in [3.8, 4) is 11.3 Å². The number of hydrogen-bond donors (Lipinski definition) is 3. The average molecular weight is 548 g/mol. The van der Waals surface area contributed by atoms with Gasteiger partial charge < -0.3 is 25.0 Å². The first-order valence-electron chi connectivity index (χ1n) is 12.8. The van der Waals surface area contributed by atoms with E-state index in [0.717, 1.165) is 60.0 Å². The predicted octanol–water partition coefficient (Wildman–Crippen LogP) is 5.33. The molecule has 1 aromatic carbocycles. The van der Waals surface area contributed by atoms with Crippen LogP contribution in [0.15, 0.2) is 46.3 Å². The van der Waals surface area contributed by atoms with Crippen LogP contribution < -0.4 is 20.9 Å². The first-order valence-corrected chi connectivity index (χ1v) is 13.7. The van der Waals surface area contributed by atoms with Gasteiger partial charge in [0.05, 0.1) is 5.69 Å². The molecule has 0 atom stereocenters. The number of rotatable bonds is 6. The van der Waals surface area contributed by atoms with Crippen molar-refractivity contribution < 1.29 is 9.32 Å². The number of nitrogens with zero attached hydrogens (tertiary/aromatic N) is 6. The molecule has 2 amide bonds. The van der Waals surface area contributed by atoms with Gasteiger partial charge in [0.2, 0.25) is 0 Å². The van der Waals surface area contributed by atoms with Crippen molar-refractivity contribution in [2.75, 3.05) is 54.1 Å². The number of piperazine rings is 1. The van der Waals surface area contributed by atoms with Gasteiger partial charge >= 0.3 is 6.03 Å². The molecule has 0 spiro atoms. The maximum Gasteiger partial charge on any atom is 0.324 e. The molecule has 5 rings (SSSR count). The number of anilines is 5. The van der Waals surface area contributed by atoms with E-state index in [1.54, 1.807) is 6.07 Å². The number of benzene rings is 1. The van der Waals surface area contributed by atoms with Crippen LogP contribution in [-0.4, -0.2) is 64.3 Å². The summed E-state index contributed by atoms with van der Waals surface area (Å²) in [6.45, 7) is 11.9. The maximum absolute atomic E-state index is 12.4. The highest BCUT2D eigenvalue weighted by Crippen LogP contribution is 2.29. The lowest BCUT2D eigenvalue weighted by Crippen LogP contribution is -2.44. The minimum absolute atomic E-state index is 0.189. The molecule has 0 aliphatic carbocycles. The molecule has 0 bridgehead atoms. The summed E-state index contributed by atoms with van der Waals surface area (Å²) in [5.74, 6) is 3.44. The Hall–Kier alpha value is -4.03. The van der Waals surface area contributed by atoms with Crippen LogP contribution in [0.3, 0.4) is 0 Å². The Kier molecular flexibility index (Phi) is 7.49. The highest BCUT2D eigenvalue weighted by molar-refractivity contribution is 7.14. The van der Waals surface area contributed by atoms with E-state index in [1.807, 2.05) is 63.4 Å². The first-order chi connectivity index (χ1) is 18.6. The third kappa shape index (κ3) is 6.70. The van der Waals surface area contributed by atoms with Gasteiger partial charge in [-0.1, -0.05) is 38.1 Å². The number of aromatic nitrogens is 4. The fourth-order valence-electron chi connectivity index (χ4n) is 4.08. The quantitative estimate of drug-likeness (QED) is 0.294. The van der Waals surface area contributed by atoms with Gasteiger partial charge in [-0.25, -0.2) is 19.7 Å². The monoisotopic (exact) mass is 547 g/mol. The molecule has 0 radical (unpaired) electrons. The molecule has 39 heavy (non-hydrogen) atoms. The summed E-state index contributed by atoms with van der Waals surface area (Å²) in [6, 6.07) is 10.8. The standard InChI is InChI=1S/C27H33N9O2S/c1-17-28-22(15-24(29-17)36-12-10-35(5)11-13-36)33-26-31-20(16-39-26)18-6-8-19(9-7-18)30-25(37)32-23-14-21(38-34-23)27(2,3)4/h6-9,14-16H,10-13H2,1-5H3,(H,28,29,31,33)(H2,30,32,34,37). The lowest BCUT2D eigenvalue weighted by molar-refractivity contribution is 0.262. The van der Waals surface area contributed by atoms with E-state index in [-0.39, 0.29) is 5.41 Å². The van der Waals surface area contributed by atoms with Crippen molar-refractivity contribution in [1.29, 1.82) is 0 Å². The normalized spacial score (nSPS) is 14.3. The van der Waals surface area contributed by atoms with Crippen LogP contribution in [0, 0.1) is 6.92 Å². The van der Waals surface area contributed by atoms with E-state index in [1.165, 1.54) is 11.3 Å². The molecule has 0 saturated carbocycles. The zero-order valence-electron chi connectivity index (χ0n) is 22.8. The van der Waals surface area contributed by atoms with E-state index in [4.69, 9.17) is 9.51 Å². The smallest absolute Gasteiger partial charge is 0.324 e. The molecule has 3 N–H and O–H groups in total. The summed E-state index contributed by atoms with van der Waals surface area (Å²) >= 11 is 1.51. The number of hydrogen-bond acceptors (Lipinski definition) is 10. The van der Waals surface area contributed by atoms with Gasteiger partial charge in [0, 0.05) is 60.4 Å². The summed E-state index contributed by atoms with van der Waals surface area (Å²) in [6.07, 6.45) is 0. The molecule has 0 unspecified atom stereocenters. The number of urea groups is 1. The van der Waals surface area contributed by atoms with Crippen LogP contribution in [-0.2, 0) is 5.41 Å². The minimum Gasteiger partial charge on any atom is -0.359 e. The van der Waals surface area contributed by atoms with E-state index >= 15 is 0 Å². The molecule has 12 heteroatoms. The van der Waals surface area contributed by atoms with Gasteiger partial charge in [-0.2, -0.15) is 0 Å². The summed E-state index contributed by atoms with van der Waals surface area (Å²) in [4.78, 5) is 30.9. The van der Waals surface area contributed by atoms with Crippen molar-refractivity contribution >= 4 is 45.6 Å². The Morgan fingerprint density at radius 2 is 1.72 bits per heavy atom. The molecule has 3 aromatic heterocycles. The van der Waals surface area contributed by atoms with Crippen molar-refractivity contribution in [2.45, 2.75) is 33.1 Å². The van der Waals surface area contributed by atoms with Crippen LogP contribution in [0.1, 0.15) is 32.4 Å². The van der Waals surface area contributed by atoms with Crippen molar-refractivity contribution in [3.05, 3.63) is 53.4 Å². The Morgan fingerprint density at radius 3 is 2.41 bits per heavy atom. The summed E-state index contributed by atoms with van der Waals surface area (Å²) in [7, 11) is 2.14. The molecule has 1 aliphatic heterocycles. The molecule has 1 fully saturated rings. The lowest BCUT2D eigenvalue weighted by Gasteiger charge is -2.33. The Morgan fingerprint density at radius 1 is 0.974 bits per heavy atom. The highest BCUT2D eigenvalue weighted by atomic mass is 32.1. The molecule has 1 aliphatic rings. The van der Waals surface area contributed by atoms with Crippen molar-refractivity contribution in [1.82, 2.24) is 25.0 Å². The Bertz CT molecular complexity index is 1430. The van der Waals surface area contributed by atoms with Crippen LogP contribution in [0.4, 0.5) is 33.1 Å². The van der Waals surface area contributed by atoms with Gasteiger partial charge in [-0.3, -0.25) is 5.32 Å². The summed E-state index contributed by atoms with van der Waals surface area (Å²) in [5.41, 5.74) is 2.23. The number of thiazole rings is 1. The van der Waals surface area contributed by atoms with Gasteiger partial charge in [-0.15, -0.1) is 11.3 Å². The zero-order valence-corrected chi connectivity index (χ0v) is 23.6. The van der Waals surface area contributed by atoms with Gasteiger partial charge in [0.15, 0.2) is 10.9 Å². The average Bonchev–Trinajstić information content (AvgIpc) is 3.54. The van der Waals surface area contributed by atoms with Gasteiger partial charge in [0.1, 0.15) is 23.2 Å². The Labute approximate surface area is 231 Å². The fraction of sp³-hybridized carbons (Fsp3) is 0.370. The molecular formula is C27H33N9O2S. The number of amides is 2. The second-order valence-corrected chi connectivity index (χ2v) is 11.5. The zero-order chi connectivity index (χ0) is 27.6. The van der Waals surface area contributed by atoms with E-state index in [2.05, 4.69) is 47.9 Å². The van der Waals surface area contributed by atoms with Crippen LogP contribution in [0.5, 0.6) is 0 Å². The minimum atomic E-state index is -0.396. The predicted molar refractivity (Wildman–Crippen MR) is 155 cm³/mol. The van der Waals surface area contributed by atoms with Crippen LogP contribution in [0.25, 0.3) is 11.3 Å². The molecule has 11 nitrogen and oxygen atoms in total. The highest BCUT2D eigenvalue weighted by Gasteiger charge is 2.20. The largest absolute Gasteiger partial charge is 0.359 e. The number of carbonyl (C=O) groups is 1. The fourth-order valence-corrected chi connectivity index (χ4v) is 4.80. The molecule has 4 aromatic rings. The SMILES string of the molecule is Cc1nc(Nc2nc(-c3ccc(NC(=O)Nc4cc(C(C)(C)C)on4)cc3)cs2)cc(N2CCN(C)CC2)n1. The third-order valence-corrected chi connectivity index (χ3v) is 7.08. The first kappa shape index (κ1) is 26.6. The van der Waals surface area contributed by atoms with Crippen LogP contribution in [0.2, 0.25) is 0 Å². The Balaban J connectivity index is 1.20. The molecule has 204 valence electrons. The second kappa shape index (κ2) is 11.0. The van der Waals surface area contributed by atoms with Crippen LogP contribution >= 0.6 is 11.3 Å². The van der Waals surface area contributed by atoms with E-state index in [9.17, 15) is 4.79 Å². The van der Waals surface area contributed by atoms with Crippen molar-refractivity contribution in [2.24, 2.45) is 0 Å². The maximum atomic E-state index is 12.4. The number of nitrogens with one attached hydrogen (secondary N) is 3. The van der Waals surface area contributed by atoms with E-state index < -0.39 is 6.03 Å². The topological polar surface area (TPSA) is 124 Å². The summed E-state index contributed by atoms with van der Waals surface area (Å²) < 4.78 is 5.31.